The molecule has 88 valence electrons. The topological polar surface area (TPSA) is 37.3 Å². The van der Waals surface area contributed by atoms with E-state index in [0.717, 1.165) is 6.07 Å². The van der Waals surface area contributed by atoms with Crippen LogP contribution in [0, 0.1) is 18.6 Å². The fraction of sp³-hybridized carbons (Fsp3) is 0.300. The number of benzene rings is 1. The molecule has 1 rings (SSSR count). The maximum Gasteiger partial charge on any atom is 0.374 e. The third-order valence-corrected chi connectivity index (χ3v) is 2.05. The molecule has 2 nitrogen and oxygen atoms in total. The normalized spacial score (nSPS) is 11.6. The van der Waals surface area contributed by atoms with Crippen molar-refractivity contribution in [1.29, 1.82) is 0 Å². The molecule has 0 atom stereocenters. The van der Waals surface area contributed by atoms with Crippen molar-refractivity contribution in [3.05, 3.63) is 34.9 Å². The number of carbonyl (C=O) groups is 1. The van der Waals surface area contributed by atoms with Gasteiger partial charge in [0.05, 0.1) is 6.42 Å². The number of carboxylic acids is 1. The molecule has 1 aromatic carbocycles. The van der Waals surface area contributed by atoms with E-state index >= 15 is 0 Å². The van der Waals surface area contributed by atoms with E-state index in [1.165, 1.54) is 6.92 Å². The Morgan fingerprint density at radius 1 is 1.31 bits per heavy atom. The van der Waals surface area contributed by atoms with Gasteiger partial charge in [-0.2, -0.15) is 8.78 Å². The lowest BCUT2D eigenvalue weighted by atomic mass is 10.0. The summed E-state index contributed by atoms with van der Waals surface area (Å²) < 4.78 is 51.4. The molecule has 0 fully saturated rings. The summed E-state index contributed by atoms with van der Waals surface area (Å²) in [6.07, 6.45) is -1.30. The van der Waals surface area contributed by atoms with Crippen LogP contribution in [0.2, 0.25) is 0 Å². The van der Waals surface area contributed by atoms with Crippen LogP contribution in [0.3, 0.4) is 0 Å². The average molecular weight is 236 g/mol. The molecule has 1 aromatic rings. The first-order valence-electron chi connectivity index (χ1n) is 4.30. The summed E-state index contributed by atoms with van der Waals surface area (Å²) in [7, 11) is 0. The largest absolute Gasteiger partial charge is 0.477 e. The van der Waals surface area contributed by atoms with E-state index < -0.39 is 35.5 Å². The minimum absolute atomic E-state index is 0.0161. The van der Waals surface area contributed by atoms with E-state index in [1.807, 2.05) is 0 Å². The van der Waals surface area contributed by atoms with Gasteiger partial charge < -0.3 is 5.11 Å². The number of hydrogen-bond acceptors (Lipinski definition) is 1. The molecule has 0 radical (unpaired) electrons. The van der Waals surface area contributed by atoms with E-state index in [2.05, 4.69) is 0 Å². The van der Waals surface area contributed by atoms with E-state index in [0.29, 0.717) is 6.07 Å². The van der Waals surface area contributed by atoms with Crippen molar-refractivity contribution in [3.8, 4) is 0 Å². The van der Waals surface area contributed by atoms with Crippen LogP contribution in [-0.4, -0.2) is 17.0 Å². The summed E-state index contributed by atoms with van der Waals surface area (Å²) in [5, 5.41) is 8.17. The van der Waals surface area contributed by atoms with E-state index in [4.69, 9.17) is 5.11 Å². The molecular weight excluding hydrogens is 228 g/mol. The quantitative estimate of drug-likeness (QED) is 0.819. The van der Waals surface area contributed by atoms with Crippen molar-refractivity contribution in [2.24, 2.45) is 0 Å². The van der Waals surface area contributed by atoms with Gasteiger partial charge >= 0.3 is 11.9 Å². The van der Waals surface area contributed by atoms with Crippen LogP contribution in [0.15, 0.2) is 12.1 Å². The molecule has 6 heteroatoms. The molecule has 1 N–H and O–H groups in total. The maximum absolute atomic E-state index is 13.1. The number of rotatable bonds is 3. The molecule has 16 heavy (non-hydrogen) atoms. The average Bonchev–Trinajstić information content (AvgIpc) is 2.13. The van der Waals surface area contributed by atoms with Gasteiger partial charge in [-0.1, -0.05) is 6.07 Å². The monoisotopic (exact) mass is 236 g/mol. The number of hydrogen-bond donors (Lipinski definition) is 1. The van der Waals surface area contributed by atoms with Gasteiger partial charge in [0.1, 0.15) is 11.6 Å². The highest BCUT2D eigenvalue weighted by Gasteiger charge is 2.39. The van der Waals surface area contributed by atoms with Crippen LogP contribution >= 0.6 is 0 Å². The highest BCUT2D eigenvalue weighted by molar-refractivity contribution is 5.75. The molecule has 0 aliphatic heterocycles. The number of aliphatic carboxylic acids is 1. The van der Waals surface area contributed by atoms with Gasteiger partial charge in [0.2, 0.25) is 0 Å². The van der Waals surface area contributed by atoms with Crippen molar-refractivity contribution in [2.75, 3.05) is 0 Å². The third kappa shape index (κ3) is 2.50. The van der Waals surface area contributed by atoms with Gasteiger partial charge in [0.15, 0.2) is 0 Å². The van der Waals surface area contributed by atoms with Gasteiger partial charge in [0.25, 0.3) is 0 Å². The number of aryl methyl sites for hydroxylation is 1. The van der Waals surface area contributed by atoms with Crippen molar-refractivity contribution in [1.82, 2.24) is 0 Å². The van der Waals surface area contributed by atoms with Crippen LogP contribution in [0.5, 0.6) is 0 Å². The standard InChI is InChI=1S/C10H8F4O2/c1-5-2-6(8(12)3-7(5)11)4-10(13,14)9(15)16/h2-3H,4H2,1H3,(H,15,16). The zero-order valence-electron chi connectivity index (χ0n) is 8.23. The SMILES string of the molecule is Cc1cc(CC(F)(F)C(=O)O)c(F)cc1F. The summed E-state index contributed by atoms with van der Waals surface area (Å²) in [4.78, 5) is 10.1. The fourth-order valence-corrected chi connectivity index (χ4v) is 1.17. The van der Waals surface area contributed by atoms with Gasteiger partial charge in [-0.3, -0.25) is 0 Å². The summed E-state index contributed by atoms with van der Waals surface area (Å²) in [5.74, 6) is -8.44. The second-order valence-corrected chi connectivity index (χ2v) is 3.38. The van der Waals surface area contributed by atoms with Gasteiger partial charge in [-0.05, 0) is 18.1 Å². The van der Waals surface area contributed by atoms with Crippen molar-refractivity contribution in [2.45, 2.75) is 19.3 Å². The summed E-state index contributed by atoms with van der Waals surface area (Å²) in [5.41, 5.74) is -0.538. The molecule has 0 spiro atoms. The minimum Gasteiger partial charge on any atom is -0.477 e. The second-order valence-electron chi connectivity index (χ2n) is 3.38. The predicted octanol–water partition coefficient (Wildman–Crippen LogP) is 2.54. The smallest absolute Gasteiger partial charge is 0.374 e. The van der Waals surface area contributed by atoms with Crippen LogP contribution in [0.25, 0.3) is 0 Å². The molecule has 0 aromatic heterocycles. The van der Waals surface area contributed by atoms with Crippen LogP contribution in [0.1, 0.15) is 11.1 Å². The Morgan fingerprint density at radius 2 is 1.88 bits per heavy atom. The van der Waals surface area contributed by atoms with Gasteiger partial charge in [-0.25, -0.2) is 13.6 Å². The zero-order chi connectivity index (χ0) is 12.5. The highest BCUT2D eigenvalue weighted by Crippen LogP contribution is 2.23. The Labute approximate surface area is 88.5 Å². The number of alkyl halides is 2. The number of carboxylic acid groups (broad SMARTS) is 1. The lowest BCUT2D eigenvalue weighted by Crippen LogP contribution is -2.31. The second kappa shape index (κ2) is 4.11. The Kier molecular flexibility index (Phi) is 3.21. The Balaban J connectivity index is 3.07. The van der Waals surface area contributed by atoms with Crippen LogP contribution in [-0.2, 0) is 11.2 Å². The van der Waals surface area contributed by atoms with Crippen molar-refractivity contribution in [3.63, 3.8) is 0 Å². The van der Waals surface area contributed by atoms with E-state index in [-0.39, 0.29) is 5.56 Å². The maximum atomic E-state index is 13.1. The Bertz CT molecular complexity index is 429. The molecule has 0 saturated carbocycles. The highest BCUT2D eigenvalue weighted by atomic mass is 19.3. The Hall–Kier alpha value is -1.59. The molecular formula is C10H8F4O2. The summed E-state index contributed by atoms with van der Waals surface area (Å²) in [6, 6.07) is 1.34. The third-order valence-electron chi connectivity index (χ3n) is 2.05. The lowest BCUT2D eigenvalue weighted by Gasteiger charge is -2.12. The van der Waals surface area contributed by atoms with E-state index in [9.17, 15) is 22.4 Å². The first kappa shape index (κ1) is 12.5. The molecule has 0 aliphatic rings. The molecule has 0 unspecified atom stereocenters. The lowest BCUT2D eigenvalue weighted by molar-refractivity contribution is -0.164. The summed E-state index contributed by atoms with van der Waals surface area (Å²) in [6.45, 7) is 1.27. The van der Waals surface area contributed by atoms with Crippen molar-refractivity contribution < 1.29 is 27.5 Å². The Morgan fingerprint density at radius 3 is 2.38 bits per heavy atom. The van der Waals surface area contributed by atoms with Gasteiger partial charge in [0, 0.05) is 6.07 Å². The first-order chi connectivity index (χ1) is 7.24. The predicted molar refractivity (Wildman–Crippen MR) is 47.4 cm³/mol. The van der Waals surface area contributed by atoms with Gasteiger partial charge in [-0.15, -0.1) is 0 Å². The van der Waals surface area contributed by atoms with E-state index in [1.54, 1.807) is 0 Å². The minimum atomic E-state index is -4.06. The number of halogens is 4. The van der Waals surface area contributed by atoms with Crippen LogP contribution < -0.4 is 0 Å². The molecule has 0 saturated heterocycles. The van der Waals surface area contributed by atoms with Crippen LogP contribution in [0.4, 0.5) is 17.6 Å². The summed E-state index contributed by atoms with van der Waals surface area (Å²) >= 11 is 0. The van der Waals surface area contributed by atoms with Crippen molar-refractivity contribution >= 4 is 5.97 Å². The zero-order valence-corrected chi connectivity index (χ0v) is 8.23. The first-order valence-corrected chi connectivity index (χ1v) is 4.30. The molecule has 0 aliphatic carbocycles. The molecule has 0 bridgehead atoms. The molecule has 0 heterocycles. The fourth-order valence-electron chi connectivity index (χ4n) is 1.17. The molecule has 0 amide bonds.